The summed E-state index contributed by atoms with van der Waals surface area (Å²) >= 11 is 0. The fourth-order valence-electron chi connectivity index (χ4n) is 2.72. The first-order valence-electron chi connectivity index (χ1n) is 8.84. The molecule has 0 radical (unpaired) electrons. The lowest BCUT2D eigenvalue weighted by Gasteiger charge is -2.31. The van der Waals surface area contributed by atoms with Gasteiger partial charge in [0, 0.05) is 19.0 Å². The van der Waals surface area contributed by atoms with Gasteiger partial charge in [-0.3, -0.25) is 4.79 Å². The van der Waals surface area contributed by atoms with Crippen molar-refractivity contribution in [2.45, 2.75) is 59.8 Å². The smallest absolute Gasteiger partial charge is 0.225 e. The van der Waals surface area contributed by atoms with Crippen LogP contribution in [-0.2, 0) is 4.79 Å². The summed E-state index contributed by atoms with van der Waals surface area (Å²) in [5.41, 5.74) is 1.36. The third kappa shape index (κ3) is 5.47. The molecule has 1 amide bonds. The van der Waals surface area contributed by atoms with Crippen molar-refractivity contribution in [3.63, 3.8) is 0 Å². The molecule has 3 unspecified atom stereocenters. The van der Waals surface area contributed by atoms with Crippen LogP contribution >= 0.6 is 0 Å². The molecule has 0 saturated carbocycles. The number of nitrogens with zero attached hydrogens (tertiary/aromatic N) is 1. The molecular formula is C20H33NO. The Balaban J connectivity index is 2.73. The third-order valence-electron chi connectivity index (χ3n) is 4.81. The average molecular weight is 303 g/mol. The normalized spacial score (nSPS) is 15.1. The van der Waals surface area contributed by atoms with Gasteiger partial charge in [-0.15, -0.1) is 0 Å². The molecule has 22 heavy (non-hydrogen) atoms. The van der Waals surface area contributed by atoms with Crippen LogP contribution in [0.1, 0.15) is 65.4 Å². The second kappa shape index (κ2) is 9.66. The van der Waals surface area contributed by atoms with Crippen LogP contribution in [-0.4, -0.2) is 23.9 Å². The number of benzene rings is 1. The molecular weight excluding hydrogens is 270 g/mol. The van der Waals surface area contributed by atoms with Crippen LogP contribution in [0.25, 0.3) is 0 Å². The van der Waals surface area contributed by atoms with Gasteiger partial charge in [0.15, 0.2) is 0 Å². The molecule has 1 rings (SSSR count). The van der Waals surface area contributed by atoms with Gasteiger partial charge in [0.2, 0.25) is 5.91 Å². The van der Waals surface area contributed by atoms with Crippen molar-refractivity contribution in [1.82, 2.24) is 4.90 Å². The van der Waals surface area contributed by atoms with Crippen LogP contribution in [0.4, 0.5) is 0 Å². The number of rotatable bonds is 9. The Kier molecular flexibility index (Phi) is 8.22. The highest BCUT2D eigenvalue weighted by Gasteiger charge is 2.23. The Morgan fingerprint density at radius 3 is 2.27 bits per heavy atom. The van der Waals surface area contributed by atoms with Crippen molar-refractivity contribution in [1.29, 1.82) is 0 Å². The van der Waals surface area contributed by atoms with Gasteiger partial charge in [-0.2, -0.15) is 0 Å². The minimum absolute atomic E-state index is 0.135. The summed E-state index contributed by atoms with van der Waals surface area (Å²) in [5, 5.41) is 0. The van der Waals surface area contributed by atoms with Gasteiger partial charge in [0.05, 0.1) is 0 Å². The summed E-state index contributed by atoms with van der Waals surface area (Å²) in [4.78, 5) is 14.7. The van der Waals surface area contributed by atoms with E-state index in [0.29, 0.717) is 17.7 Å². The van der Waals surface area contributed by atoms with Crippen molar-refractivity contribution in [3.8, 4) is 0 Å². The molecule has 0 fully saturated rings. The van der Waals surface area contributed by atoms with E-state index >= 15 is 0 Å². The van der Waals surface area contributed by atoms with Crippen LogP contribution in [0, 0.1) is 11.8 Å². The molecule has 2 nitrogen and oxygen atoms in total. The minimum Gasteiger partial charge on any atom is -0.342 e. The fraction of sp³-hybridized carbons (Fsp3) is 0.650. The summed E-state index contributed by atoms with van der Waals surface area (Å²) < 4.78 is 0. The van der Waals surface area contributed by atoms with E-state index in [1.54, 1.807) is 0 Å². The lowest BCUT2D eigenvalue weighted by molar-refractivity contribution is -0.135. The summed E-state index contributed by atoms with van der Waals surface area (Å²) in [6.45, 7) is 12.6. The summed E-state index contributed by atoms with van der Waals surface area (Å²) in [6, 6.07) is 10.6. The monoisotopic (exact) mass is 303 g/mol. The molecule has 0 spiro atoms. The standard InChI is InChI=1S/C20H33NO/c1-6-8-14-21(20(22)16(3)7-2)15-17(4)18(5)19-12-10-9-11-13-19/h9-13,16-18H,6-8,14-15H2,1-5H3. The Hall–Kier alpha value is -1.31. The first-order valence-corrected chi connectivity index (χ1v) is 8.84. The zero-order chi connectivity index (χ0) is 16.5. The van der Waals surface area contributed by atoms with Gasteiger partial charge in [-0.25, -0.2) is 0 Å². The fourth-order valence-corrected chi connectivity index (χ4v) is 2.72. The van der Waals surface area contributed by atoms with Crippen molar-refractivity contribution < 1.29 is 4.79 Å². The second-order valence-electron chi connectivity index (χ2n) is 6.62. The lowest BCUT2D eigenvalue weighted by Crippen LogP contribution is -2.39. The van der Waals surface area contributed by atoms with Crippen LogP contribution in [0.15, 0.2) is 30.3 Å². The predicted octanol–water partition coefficient (Wildman–Crippen LogP) is 5.10. The Morgan fingerprint density at radius 1 is 1.09 bits per heavy atom. The van der Waals surface area contributed by atoms with Gasteiger partial charge in [0.1, 0.15) is 0 Å². The van der Waals surface area contributed by atoms with Crippen LogP contribution in [0.2, 0.25) is 0 Å². The molecule has 0 aliphatic carbocycles. The maximum atomic E-state index is 12.6. The molecule has 124 valence electrons. The lowest BCUT2D eigenvalue weighted by atomic mass is 9.88. The van der Waals surface area contributed by atoms with Crippen molar-refractivity contribution in [3.05, 3.63) is 35.9 Å². The molecule has 0 saturated heterocycles. The Labute approximate surface area is 136 Å². The van der Waals surface area contributed by atoms with Gasteiger partial charge in [-0.05, 0) is 30.2 Å². The van der Waals surface area contributed by atoms with Gasteiger partial charge >= 0.3 is 0 Å². The number of hydrogen-bond donors (Lipinski definition) is 0. The van der Waals surface area contributed by atoms with Gasteiger partial charge in [-0.1, -0.05) is 71.4 Å². The molecule has 1 aromatic carbocycles. The molecule has 0 N–H and O–H groups in total. The topological polar surface area (TPSA) is 20.3 Å². The van der Waals surface area contributed by atoms with E-state index in [-0.39, 0.29) is 5.92 Å². The van der Waals surface area contributed by atoms with Crippen LogP contribution in [0.3, 0.4) is 0 Å². The zero-order valence-electron chi connectivity index (χ0n) is 15.0. The number of carbonyl (C=O) groups is 1. The highest BCUT2D eigenvalue weighted by atomic mass is 16.2. The first-order chi connectivity index (χ1) is 10.5. The van der Waals surface area contributed by atoms with Crippen LogP contribution < -0.4 is 0 Å². The maximum Gasteiger partial charge on any atom is 0.225 e. The summed E-state index contributed by atoms with van der Waals surface area (Å²) in [5.74, 6) is 1.39. The number of hydrogen-bond acceptors (Lipinski definition) is 1. The highest BCUT2D eigenvalue weighted by molar-refractivity contribution is 5.78. The van der Waals surface area contributed by atoms with E-state index < -0.39 is 0 Å². The SMILES string of the molecule is CCCCN(CC(C)C(C)c1ccccc1)C(=O)C(C)CC. The molecule has 0 heterocycles. The second-order valence-corrected chi connectivity index (χ2v) is 6.62. The van der Waals surface area contributed by atoms with Gasteiger partial charge in [0.25, 0.3) is 0 Å². The summed E-state index contributed by atoms with van der Waals surface area (Å²) in [6.07, 6.45) is 3.14. The highest BCUT2D eigenvalue weighted by Crippen LogP contribution is 2.25. The van der Waals surface area contributed by atoms with E-state index in [1.807, 2.05) is 6.92 Å². The van der Waals surface area contributed by atoms with E-state index in [1.165, 1.54) is 5.56 Å². The molecule has 0 aliphatic rings. The predicted molar refractivity (Wildman–Crippen MR) is 95.0 cm³/mol. The van der Waals surface area contributed by atoms with E-state index in [0.717, 1.165) is 32.4 Å². The number of carbonyl (C=O) groups excluding carboxylic acids is 1. The Morgan fingerprint density at radius 2 is 1.73 bits per heavy atom. The Bertz CT molecular complexity index is 429. The van der Waals surface area contributed by atoms with Crippen molar-refractivity contribution in [2.24, 2.45) is 11.8 Å². The van der Waals surface area contributed by atoms with Gasteiger partial charge < -0.3 is 4.90 Å². The van der Waals surface area contributed by atoms with Crippen molar-refractivity contribution >= 4 is 5.91 Å². The largest absolute Gasteiger partial charge is 0.342 e. The average Bonchev–Trinajstić information content (AvgIpc) is 2.56. The molecule has 3 atom stereocenters. The number of amides is 1. The quantitative estimate of drug-likeness (QED) is 0.621. The molecule has 0 aromatic heterocycles. The minimum atomic E-state index is 0.135. The van der Waals surface area contributed by atoms with E-state index in [2.05, 4.69) is 62.9 Å². The van der Waals surface area contributed by atoms with E-state index in [4.69, 9.17) is 0 Å². The molecule has 0 bridgehead atoms. The number of unbranched alkanes of at least 4 members (excludes halogenated alkanes) is 1. The molecule has 2 heteroatoms. The van der Waals surface area contributed by atoms with Crippen molar-refractivity contribution in [2.75, 3.05) is 13.1 Å². The molecule has 0 aliphatic heterocycles. The van der Waals surface area contributed by atoms with Crippen LogP contribution in [0.5, 0.6) is 0 Å². The maximum absolute atomic E-state index is 12.6. The third-order valence-corrected chi connectivity index (χ3v) is 4.81. The zero-order valence-corrected chi connectivity index (χ0v) is 15.0. The summed E-state index contributed by atoms with van der Waals surface area (Å²) in [7, 11) is 0. The first kappa shape index (κ1) is 18.7. The van der Waals surface area contributed by atoms with E-state index in [9.17, 15) is 4.79 Å². The molecule has 1 aromatic rings.